The van der Waals surface area contributed by atoms with Crippen LogP contribution in [0.5, 0.6) is 17.2 Å². The van der Waals surface area contributed by atoms with Crippen LogP contribution in [0.25, 0.3) is 0 Å². The molecule has 1 aromatic rings. The van der Waals surface area contributed by atoms with Gasteiger partial charge in [-0.05, 0) is 21.8 Å². The predicted molar refractivity (Wildman–Crippen MR) is 68.0 cm³/mol. The van der Waals surface area contributed by atoms with E-state index in [0.29, 0.717) is 28.0 Å². The normalized spacial score (nSPS) is 12.0. The van der Waals surface area contributed by atoms with E-state index in [1.807, 2.05) is 6.92 Å². The van der Waals surface area contributed by atoms with Crippen LogP contribution < -0.4 is 9.47 Å². The Bertz CT molecular complexity index is 417. The highest BCUT2D eigenvalue weighted by molar-refractivity contribution is 9.10. The Morgan fingerprint density at radius 1 is 1.47 bits per heavy atom. The van der Waals surface area contributed by atoms with Crippen LogP contribution in [0.3, 0.4) is 0 Å². The molecule has 0 radical (unpaired) electrons. The Balaban J connectivity index is 3.35. The molecule has 4 nitrogen and oxygen atoms in total. The summed E-state index contributed by atoms with van der Waals surface area (Å²) >= 11 is 3.37. The van der Waals surface area contributed by atoms with E-state index in [4.69, 9.17) is 9.47 Å². The molecule has 0 bridgehead atoms. The Kier molecular flexibility index (Phi) is 4.81. The molecule has 0 aliphatic heterocycles. The SMILES string of the molecule is COc1cc(O)c(C(C)CC=O)c(Br)c1OC. The fourth-order valence-corrected chi connectivity index (χ4v) is 2.63. The van der Waals surface area contributed by atoms with Crippen molar-refractivity contribution in [3.8, 4) is 17.2 Å². The summed E-state index contributed by atoms with van der Waals surface area (Å²) in [6.45, 7) is 1.86. The monoisotopic (exact) mass is 302 g/mol. The van der Waals surface area contributed by atoms with E-state index in [0.717, 1.165) is 6.29 Å². The second kappa shape index (κ2) is 5.91. The minimum Gasteiger partial charge on any atom is -0.507 e. The molecule has 1 rings (SSSR count). The summed E-state index contributed by atoms with van der Waals surface area (Å²) in [5.41, 5.74) is 0.648. The van der Waals surface area contributed by atoms with E-state index < -0.39 is 0 Å². The fourth-order valence-electron chi connectivity index (χ4n) is 1.68. The summed E-state index contributed by atoms with van der Waals surface area (Å²) in [6, 6.07) is 1.49. The third-order valence-corrected chi connectivity index (χ3v) is 3.36. The first-order chi connectivity index (χ1) is 8.06. The van der Waals surface area contributed by atoms with Crippen LogP contribution in [0, 0.1) is 0 Å². The lowest BCUT2D eigenvalue weighted by Gasteiger charge is -2.18. The Labute approximate surface area is 109 Å². The van der Waals surface area contributed by atoms with Gasteiger partial charge in [0.2, 0.25) is 0 Å². The van der Waals surface area contributed by atoms with Gasteiger partial charge in [-0.15, -0.1) is 0 Å². The number of carbonyl (C=O) groups excluding carboxylic acids is 1. The lowest BCUT2D eigenvalue weighted by molar-refractivity contribution is -0.108. The molecule has 1 atom stereocenters. The summed E-state index contributed by atoms with van der Waals surface area (Å²) in [5, 5.41) is 9.94. The van der Waals surface area contributed by atoms with Crippen LogP contribution in [0.4, 0.5) is 0 Å². The number of hydrogen-bond acceptors (Lipinski definition) is 4. The van der Waals surface area contributed by atoms with Crippen LogP contribution in [-0.4, -0.2) is 25.6 Å². The van der Waals surface area contributed by atoms with Crippen molar-refractivity contribution in [3.63, 3.8) is 0 Å². The second-order valence-corrected chi connectivity index (χ2v) is 4.46. The summed E-state index contributed by atoms with van der Waals surface area (Å²) in [4.78, 5) is 10.5. The van der Waals surface area contributed by atoms with Gasteiger partial charge in [0, 0.05) is 18.1 Å². The number of halogens is 1. The maximum Gasteiger partial charge on any atom is 0.175 e. The van der Waals surface area contributed by atoms with Crippen molar-refractivity contribution in [3.05, 3.63) is 16.1 Å². The number of hydrogen-bond donors (Lipinski definition) is 1. The van der Waals surface area contributed by atoms with Crippen molar-refractivity contribution in [1.29, 1.82) is 0 Å². The standard InChI is InChI=1S/C12H15BrO4/c1-7(4-5-14)10-8(15)6-9(16-2)12(17-3)11(10)13/h5-7,15H,4H2,1-3H3. The smallest absolute Gasteiger partial charge is 0.175 e. The van der Waals surface area contributed by atoms with Crippen molar-refractivity contribution >= 4 is 22.2 Å². The number of phenolic OH excluding ortho intramolecular Hbond substituents is 1. The molecule has 1 unspecified atom stereocenters. The molecule has 5 heteroatoms. The van der Waals surface area contributed by atoms with E-state index >= 15 is 0 Å². The van der Waals surface area contributed by atoms with Gasteiger partial charge in [-0.1, -0.05) is 6.92 Å². The molecule has 1 aromatic carbocycles. The largest absolute Gasteiger partial charge is 0.507 e. The number of aldehydes is 1. The molecule has 0 heterocycles. The number of phenols is 1. The van der Waals surface area contributed by atoms with Crippen LogP contribution in [0.15, 0.2) is 10.5 Å². The van der Waals surface area contributed by atoms with Crippen LogP contribution in [-0.2, 0) is 4.79 Å². The molecule has 0 spiro atoms. The first kappa shape index (κ1) is 13.8. The average Bonchev–Trinajstić information content (AvgIpc) is 2.28. The Hall–Kier alpha value is -1.23. The van der Waals surface area contributed by atoms with Gasteiger partial charge in [0.25, 0.3) is 0 Å². The van der Waals surface area contributed by atoms with E-state index in [1.165, 1.54) is 20.3 Å². The number of benzene rings is 1. The van der Waals surface area contributed by atoms with Crippen molar-refractivity contribution < 1.29 is 19.4 Å². The van der Waals surface area contributed by atoms with E-state index in [9.17, 15) is 9.90 Å². The van der Waals surface area contributed by atoms with Gasteiger partial charge in [-0.2, -0.15) is 0 Å². The molecule has 0 saturated heterocycles. The molecule has 17 heavy (non-hydrogen) atoms. The van der Waals surface area contributed by atoms with Gasteiger partial charge in [-0.25, -0.2) is 0 Å². The van der Waals surface area contributed by atoms with E-state index in [-0.39, 0.29) is 11.7 Å². The Morgan fingerprint density at radius 3 is 2.59 bits per heavy atom. The number of ether oxygens (including phenoxy) is 2. The molecule has 94 valence electrons. The first-order valence-electron chi connectivity index (χ1n) is 5.13. The topological polar surface area (TPSA) is 55.8 Å². The van der Waals surface area contributed by atoms with Crippen LogP contribution in [0.2, 0.25) is 0 Å². The third-order valence-electron chi connectivity index (χ3n) is 2.57. The predicted octanol–water partition coefficient (Wildman–Crippen LogP) is 2.86. The van der Waals surface area contributed by atoms with Gasteiger partial charge in [0.15, 0.2) is 11.5 Å². The van der Waals surface area contributed by atoms with Crippen molar-refractivity contribution in [2.75, 3.05) is 14.2 Å². The number of methoxy groups -OCH3 is 2. The molecule has 0 aliphatic rings. The summed E-state index contributed by atoms with van der Waals surface area (Å²) in [7, 11) is 3.02. The summed E-state index contributed by atoms with van der Waals surface area (Å²) in [6.07, 6.45) is 1.16. The van der Waals surface area contributed by atoms with Crippen molar-refractivity contribution in [2.45, 2.75) is 19.3 Å². The molecule has 0 amide bonds. The third kappa shape index (κ3) is 2.72. The second-order valence-electron chi connectivity index (χ2n) is 3.66. The fraction of sp³-hybridized carbons (Fsp3) is 0.417. The molecule has 0 aliphatic carbocycles. The molecular weight excluding hydrogens is 288 g/mol. The summed E-state index contributed by atoms with van der Waals surface area (Å²) in [5.74, 6) is 0.947. The van der Waals surface area contributed by atoms with Gasteiger partial charge >= 0.3 is 0 Å². The molecule has 0 saturated carbocycles. The lowest BCUT2D eigenvalue weighted by Crippen LogP contribution is -2.00. The number of aromatic hydroxyl groups is 1. The molecule has 1 N–H and O–H groups in total. The lowest BCUT2D eigenvalue weighted by atomic mass is 9.97. The maximum absolute atomic E-state index is 10.5. The minimum absolute atomic E-state index is 0.0869. The maximum atomic E-state index is 10.5. The zero-order valence-electron chi connectivity index (χ0n) is 9.99. The minimum atomic E-state index is -0.0957. The van der Waals surface area contributed by atoms with Gasteiger partial charge < -0.3 is 19.4 Å². The number of rotatable bonds is 5. The highest BCUT2D eigenvalue weighted by Gasteiger charge is 2.21. The zero-order chi connectivity index (χ0) is 13.0. The molecular formula is C12H15BrO4. The highest BCUT2D eigenvalue weighted by Crippen LogP contribution is 2.45. The van der Waals surface area contributed by atoms with Crippen LogP contribution >= 0.6 is 15.9 Å². The first-order valence-corrected chi connectivity index (χ1v) is 5.93. The van der Waals surface area contributed by atoms with Crippen LogP contribution in [0.1, 0.15) is 24.8 Å². The highest BCUT2D eigenvalue weighted by atomic mass is 79.9. The quantitative estimate of drug-likeness (QED) is 0.850. The zero-order valence-corrected chi connectivity index (χ0v) is 11.6. The van der Waals surface area contributed by atoms with E-state index in [1.54, 1.807) is 0 Å². The van der Waals surface area contributed by atoms with E-state index in [2.05, 4.69) is 15.9 Å². The molecule has 0 aromatic heterocycles. The Morgan fingerprint density at radius 2 is 2.12 bits per heavy atom. The van der Waals surface area contributed by atoms with Gasteiger partial charge in [-0.3, -0.25) is 0 Å². The molecule has 0 fully saturated rings. The van der Waals surface area contributed by atoms with Gasteiger partial charge in [0.1, 0.15) is 12.0 Å². The average molecular weight is 303 g/mol. The summed E-state index contributed by atoms with van der Waals surface area (Å²) < 4.78 is 10.9. The number of carbonyl (C=O) groups is 1. The van der Waals surface area contributed by atoms with Crippen molar-refractivity contribution in [2.24, 2.45) is 0 Å². The van der Waals surface area contributed by atoms with Gasteiger partial charge in [0.05, 0.1) is 18.7 Å². The van der Waals surface area contributed by atoms with Crippen molar-refractivity contribution in [1.82, 2.24) is 0 Å².